The number of ether oxygens (including phenoxy) is 2. The lowest BCUT2D eigenvalue weighted by molar-refractivity contribution is -0.168. The molecule has 2 fully saturated rings. The van der Waals surface area contributed by atoms with Crippen LogP contribution in [0.1, 0.15) is 19.8 Å². The summed E-state index contributed by atoms with van der Waals surface area (Å²) >= 11 is 0. The monoisotopic (exact) mass is 199 g/mol. The molecule has 2 bridgehead atoms. The molecule has 2 heterocycles. The summed E-state index contributed by atoms with van der Waals surface area (Å²) < 4.78 is 10.8. The van der Waals surface area contributed by atoms with Crippen molar-refractivity contribution in [3.05, 3.63) is 0 Å². The zero-order valence-corrected chi connectivity index (χ0v) is 8.57. The van der Waals surface area contributed by atoms with Crippen molar-refractivity contribution in [3.8, 4) is 0 Å². The van der Waals surface area contributed by atoms with Crippen LogP contribution in [0.3, 0.4) is 0 Å². The van der Waals surface area contributed by atoms with Crippen molar-refractivity contribution in [2.45, 2.75) is 31.8 Å². The first-order valence-electron chi connectivity index (χ1n) is 5.29. The van der Waals surface area contributed by atoms with Gasteiger partial charge in [0.2, 0.25) is 5.91 Å². The zero-order valence-electron chi connectivity index (χ0n) is 8.57. The van der Waals surface area contributed by atoms with E-state index in [2.05, 4.69) is 0 Å². The van der Waals surface area contributed by atoms with Gasteiger partial charge in [-0.3, -0.25) is 4.79 Å². The Kier molecular flexibility index (Phi) is 3.03. The Hall–Kier alpha value is -0.610. The molecule has 0 atom stereocenters. The molecule has 0 radical (unpaired) electrons. The van der Waals surface area contributed by atoms with Gasteiger partial charge in [0.1, 0.15) is 0 Å². The number of fused-ring (bicyclic) bond motifs is 2. The maximum atomic E-state index is 11.8. The lowest BCUT2D eigenvalue weighted by Gasteiger charge is -2.45. The summed E-state index contributed by atoms with van der Waals surface area (Å²) in [5, 5.41) is 0. The fraction of sp³-hybridized carbons (Fsp3) is 0.900. The van der Waals surface area contributed by atoms with Crippen molar-refractivity contribution in [1.29, 1.82) is 0 Å². The average Bonchev–Trinajstić information content (AvgIpc) is 2.17. The van der Waals surface area contributed by atoms with Gasteiger partial charge in [-0.05, 0) is 6.42 Å². The molecule has 0 aromatic heterocycles. The van der Waals surface area contributed by atoms with Gasteiger partial charge in [-0.1, -0.05) is 6.92 Å². The summed E-state index contributed by atoms with van der Waals surface area (Å²) in [6, 6.07) is 0.308. The van der Waals surface area contributed by atoms with E-state index in [1.165, 1.54) is 0 Å². The van der Waals surface area contributed by atoms with Crippen LogP contribution in [0, 0.1) is 0 Å². The fourth-order valence-electron chi connectivity index (χ4n) is 2.15. The Morgan fingerprint density at radius 3 is 2.14 bits per heavy atom. The molecule has 14 heavy (non-hydrogen) atoms. The first kappa shape index (κ1) is 9.93. The van der Waals surface area contributed by atoms with Crippen LogP contribution in [0.25, 0.3) is 0 Å². The number of amides is 1. The minimum absolute atomic E-state index is 0.154. The fourth-order valence-corrected chi connectivity index (χ4v) is 2.15. The topological polar surface area (TPSA) is 38.8 Å². The quantitative estimate of drug-likeness (QED) is 0.646. The largest absolute Gasteiger partial charge is 0.377 e. The normalized spacial score (nSPS) is 31.6. The Morgan fingerprint density at radius 2 is 1.71 bits per heavy atom. The van der Waals surface area contributed by atoms with Gasteiger partial charge in [0.15, 0.2) is 0 Å². The molecule has 2 saturated heterocycles. The molecule has 4 nitrogen and oxygen atoms in total. The van der Waals surface area contributed by atoms with E-state index < -0.39 is 0 Å². The van der Waals surface area contributed by atoms with Crippen LogP contribution in [-0.2, 0) is 14.3 Å². The van der Waals surface area contributed by atoms with Crippen molar-refractivity contribution in [3.63, 3.8) is 0 Å². The summed E-state index contributed by atoms with van der Waals surface area (Å²) in [4.78, 5) is 13.8. The summed E-state index contributed by atoms with van der Waals surface area (Å²) in [6.07, 6.45) is 1.56. The number of carbonyl (C=O) groups excluding carboxylic acids is 1. The molecule has 0 spiro atoms. The first-order chi connectivity index (χ1) is 6.83. The standard InChI is InChI=1S/C10H17NO3/c1-2-3-10(12)11-8-4-13-6-9(11)7-14-5-8/h8-9H,2-7H2,1H3. The highest BCUT2D eigenvalue weighted by Crippen LogP contribution is 2.20. The second-order valence-electron chi connectivity index (χ2n) is 3.93. The summed E-state index contributed by atoms with van der Waals surface area (Å²) in [5.74, 6) is 0.258. The maximum Gasteiger partial charge on any atom is 0.223 e. The molecule has 4 heteroatoms. The predicted octanol–water partition coefficient (Wildman–Crippen LogP) is 0.413. The van der Waals surface area contributed by atoms with Crippen molar-refractivity contribution in [1.82, 2.24) is 4.90 Å². The van der Waals surface area contributed by atoms with E-state index in [4.69, 9.17) is 9.47 Å². The van der Waals surface area contributed by atoms with Gasteiger partial charge >= 0.3 is 0 Å². The van der Waals surface area contributed by atoms with Gasteiger partial charge < -0.3 is 14.4 Å². The van der Waals surface area contributed by atoms with Gasteiger partial charge in [-0.25, -0.2) is 0 Å². The number of nitrogens with zero attached hydrogens (tertiary/aromatic N) is 1. The summed E-state index contributed by atoms with van der Waals surface area (Å²) in [5.41, 5.74) is 0. The van der Waals surface area contributed by atoms with E-state index in [0.29, 0.717) is 32.8 Å². The third-order valence-corrected chi connectivity index (χ3v) is 2.78. The molecule has 2 rings (SSSR count). The first-order valence-corrected chi connectivity index (χ1v) is 5.29. The van der Waals surface area contributed by atoms with Crippen molar-refractivity contribution in [2.24, 2.45) is 0 Å². The van der Waals surface area contributed by atoms with Crippen LogP contribution in [0.4, 0.5) is 0 Å². The Labute approximate surface area is 84.2 Å². The third kappa shape index (κ3) is 1.77. The van der Waals surface area contributed by atoms with E-state index >= 15 is 0 Å². The highest BCUT2D eigenvalue weighted by atomic mass is 16.5. The van der Waals surface area contributed by atoms with Crippen molar-refractivity contribution in [2.75, 3.05) is 26.4 Å². The number of hydrogen-bond acceptors (Lipinski definition) is 3. The van der Waals surface area contributed by atoms with E-state index in [9.17, 15) is 4.79 Å². The van der Waals surface area contributed by atoms with E-state index in [-0.39, 0.29) is 18.0 Å². The van der Waals surface area contributed by atoms with Gasteiger partial charge in [0.05, 0.1) is 38.5 Å². The number of hydrogen-bond donors (Lipinski definition) is 0. The van der Waals surface area contributed by atoms with Crippen LogP contribution < -0.4 is 0 Å². The van der Waals surface area contributed by atoms with Gasteiger partial charge in [-0.15, -0.1) is 0 Å². The van der Waals surface area contributed by atoms with E-state index in [1.54, 1.807) is 0 Å². The van der Waals surface area contributed by atoms with Crippen molar-refractivity contribution >= 4 is 5.91 Å². The second-order valence-corrected chi connectivity index (χ2v) is 3.93. The second kappa shape index (κ2) is 4.28. The van der Waals surface area contributed by atoms with Crippen LogP contribution in [0.15, 0.2) is 0 Å². The average molecular weight is 199 g/mol. The van der Waals surface area contributed by atoms with Crippen LogP contribution in [-0.4, -0.2) is 49.3 Å². The van der Waals surface area contributed by atoms with Crippen LogP contribution in [0.2, 0.25) is 0 Å². The molecule has 0 N–H and O–H groups in total. The lowest BCUT2D eigenvalue weighted by atomic mass is 10.1. The molecule has 0 saturated carbocycles. The molecule has 2 aliphatic rings. The molecule has 0 unspecified atom stereocenters. The number of morpholine rings is 2. The Bertz CT molecular complexity index is 197. The molecule has 0 aromatic carbocycles. The molecular weight excluding hydrogens is 182 g/mol. The van der Waals surface area contributed by atoms with Gasteiger partial charge in [0.25, 0.3) is 0 Å². The molecule has 2 aliphatic heterocycles. The van der Waals surface area contributed by atoms with E-state index in [1.807, 2.05) is 11.8 Å². The molecule has 1 amide bonds. The Morgan fingerprint density at radius 1 is 1.21 bits per heavy atom. The highest BCUT2D eigenvalue weighted by molar-refractivity contribution is 5.77. The minimum atomic E-state index is 0.154. The summed E-state index contributed by atoms with van der Waals surface area (Å²) in [7, 11) is 0. The molecule has 0 aromatic rings. The SMILES string of the molecule is CCCC(=O)N1C2COCC1COC2. The predicted molar refractivity (Wildman–Crippen MR) is 51.0 cm³/mol. The third-order valence-electron chi connectivity index (χ3n) is 2.78. The number of carbonyl (C=O) groups is 1. The van der Waals surface area contributed by atoms with Crippen LogP contribution >= 0.6 is 0 Å². The lowest BCUT2D eigenvalue weighted by Crippen LogP contribution is -2.61. The van der Waals surface area contributed by atoms with Crippen LogP contribution in [0.5, 0.6) is 0 Å². The maximum absolute atomic E-state index is 11.8. The summed E-state index contributed by atoms with van der Waals surface area (Å²) in [6.45, 7) is 4.56. The van der Waals surface area contributed by atoms with Gasteiger partial charge in [-0.2, -0.15) is 0 Å². The van der Waals surface area contributed by atoms with Gasteiger partial charge in [0, 0.05) is 6.42 Å². The zero-order chi connectivity index (χ0) is 9.97. The Balaban J connectivity index is 2.04. The molecular formula is C10H17NO3. The molecule has 0 aliphatic carbocycles. The highest BCUT2D eigenvalue weighted by Gasteiger charge is 2.37. The number of rotatable bonds is 2. The van der Waals surface area contributed by atoms with Crippen molar-refractivity contribution < 1.29 is 14.3 Å². The molecule has 80 valence electrons. The smallest absolute Gasteiger partial charge is 0.223 e. The van der Waals surface area contributed by atoms with E-state index in [0.717, 1.165) is 6.42 Å². The minimum Gasteiger partial charge on any atom is -0.377 e.